The summed E-state index contributed by atoms with van der Waals surface area (Å²) >= 11 is 0. The van der Waals surface area contributed by atoms with Gasteiger partial charge in [0.1, 0.15) is 0 Å². The van der Waals surface area contributed by atoms with E-state index in [1.807, 2.05) is 39.0 Å². The summed E-state index contributed by atoms with van der Waals surface area (Å²) in [5, 5.41) is 17.2. The molecular weight excluding hydrogens is 405 g/mol. The summed E-state index contributed by atoms with van der Waals surface area (Å²) in [4.78, 5) is 34.0. The Morgan fingerprint density at radius 2 is 1.90 bits per heavy atom. The number of nitrogens with one attached hydrogen (secondary N) is 3. The summed E-state index contributed by atoms with van der Waals surface area (Å²) in [5.41, 5.74) is 2.36. The molecule has 0 saturated carbocycles. The number of likely N-dealkylation sites (N-methyl/N-ethyl adjacent to an activating group) is 1. The number of anilines is 1. The fourth-order valence-corrected chi connectivity index (χ4v) is 3.41. The lowest BCUT2D eigenvalue weighted by Crippen LogP contribution is -2.47. The van der Waals surface area contributed by atoms with Gasteiger partial charge in [-0.15, -0.1) is 0 Å². The van der Waals surface area contributed by atoms with Gasteiger partial charge >= 0.3 is 0 Å². The lowest BCUT2D eigenvalue weighted by molar-refractivity contribution is -0.126. The van der Waals surface area contributed by atoms with Crippen molar-refractivity contribution in [2.75, 3.05) is 31.7 Å². The Kier molecular flexibility index (Phi) is 12.4. The smallest absolute Gasteiger partial charge is 0.243 e. The summed E-state index contributed by atoms with van der Waals surface area (Å²) < 4.78 is 5.47. The molecule has 1 aromatic carbocycles. The van der Waals surface area contributed by atoms with E-state index in [1.165, 1.54) is 0 Å². The Bertz CT molecular complexity index is 694. The molecule has 0 fully saturated rings. The van der Waals surface area contributed by atoms with Gasteiger partial charge in [-0.1, -0.05) is 37.6 Å². The molecule has 30 heavy (non-hydrogen) atoms. The van der Waals surface area contributed by atoms with Crippen molar-refractivity contribution in [3.8, 4) is 0 Å². The molecule has 0 aliphatic heterocycles. The number of allylic oxidation sites excluding steroid dienone is 1. The number of hydrogen-bond acceptors (Lipinski definition) is 6. The number of carbonyl (C=O) groups is 2. The van der Waals surface area contributed by atoms with Gasteiger partial charge in [0.15, 0.2) is 8.38 Å². The van der Waals surface area contributed by atoms with E-state index < -0.39 is 8.38 Å². The molecule has 0 aromatic heterocycles. The Morgan fingerprint density at radius 3 is 2.47 bits per heavy atom. The van der Waals surface area contributed by atoms with Crippen LogP contribution in [-0.4, -0.2) is 54.2 Å². The third-order valence-electron chi connectivity index (χ3n) is 4.36. The maximum absolute atomic E-state index is 12.1. The first-order valence-electron chi connectivity index (χ1n) is 9.96. The maximum Gasteiger partial charge on any atom is 0.243 e. The second-order valence-corrected chi connectivity index (χ2v) is 8.73. The normalized spacial score (nSPS) is 13.8. The molecular formula is C21H34N3O5P. The highest BCUT2D eigenvalue weighted by atomic mass is 31.2. The van der Waals surface area contributed by atoms with Gasteiger partial charge in [0.25, 0.3) is 0 Å². The highest BCUT2D eigenvalue weighted by Crippen LogP contribution is 2.33. The molecule has 0 spiro atoms. The second-order valence-electron chi connectivity index (χ2n) is 7.32. The van der Waals surface area contributed by atoms with Crippen LogP contribution in [0.5, 0.6) is 0 Å². The maximum atomic E-state index is 12.1. The Hall–Kier alpha value is -1.83. The van der Waals surface area contributed by atoms with Gasteiger partial charge in [0.05, 0.1) is 25.8 Å². The van der Waals surface area contributed by atoms with E-state index in [0.29, 0.717) is 18.3 Å². The van der Waals surface area contributed by atoms with Crippen molar-refractivity contribution in [2.45, 2.75) is 39.8 Å². The van der Waals surface area contributed by atoms with Crippen LogP contribution in [0, 0.1) is 5.92 Å². The minimum atomic E-state index is -1.53. The predicted octanol–water partition coefficient (Wildman–Crippen LogP) is 2.13. The standard InChI is InChI=1S/C21H34N3O5P/c1-15(2)20(22-4)21(27)23-12-19(26)24-18-9-7-17(8-10-18)14-29-30(28)11-5-6-16(3)13-25/h6-10,15,20,22,25,28H,5,11-14H2,1-4H3,(H,23,27)(H,24,26)/b16-6+. The average molecular weight is 439 g/mol. The Labute approximate surface area is 180 Å². The van der Waals surface area contributed by atoms with E-state index in [9.17, 15) is 14.5 Å². The monoisotopic (exact) mass is 439 g/mol. The minimum Gasteiger partial charge on any atom is -0.392 e. The molecule has 0 heterocycles. The van der Waals surface area contributed by atoms with Crippen LogP contribution < -0.4 is 16.0 Å². The number of hydrogen-bond donors (Lipinski definition) is 5. The van der Waals surface area contributed by atoms with Gasteiger partial charge in [-0.2, -0.15) is 0 Å². The molecule has 0 radical (unpaired) electrons. The van der Waals surface area contributed by atoms with Crippen molar-refractivity contribution in [1.29, 1.82) is 0 Å². The van der Waals surface area contributed by atoms with Gasteiger partial charge in [-0.25, -0.2) is 0 Å². The van der Waals surface area contributed by atoms with Crippen LogP contribution in [0.2, 0.25) is 0 Å². The number of rotatable bonds is 13. The van der Waals surface area contributed by atoms with E-state index >= 15 is 0 Å². The van der Waals surface area contributed by atoms with Crippen molar-refractivity contribution >= 4 is 25.9 Å². The fourth-order valence-electron chi connectivity index (χ4n) is 2.63. The lowest BCUT2D eigenvalue weighted by Gasteiger charge is -2.19. The van der Waals surface area contributed by atoms with E-state index in [-0.39, 0.29) is 43.5 Å². The van der Waals surface area contributed by atoms with Crippen molar-refractivity contribution in [3.05, 3.63) is 41.5 Å². The van der Waals surface area contributed by atoms with Crippen molar-refractivity contribution in [3.63, 3.8) is 0 Å². The first kappa shape index (κ1) is 26.2. The van der Waals surface area contributed by atoms with Crippen molar-refractivity contribution < 1.29 is 24.1 Å². The first-order valence-corrected chi connectivity index (χ1v) is 11.4. The molecule has 9 heteroatoms. The third kappa shape index (κ3) is 10.3. The molecule has 2 unspecified atom stereocenters. The molecule has 1 aromatic rings. The quantitative estimate of drug-likeness (QED) is 0.237. The zero-order valence-electron chi connectivity index (χ0n) is 18.1. The topological polar surface area (TPSA) is 120 Å². The highest BCUT2D eigenvalue weighted by molar-refractivity contribution is 7.46. The summed E-state index contributed by atoms with van der Waals surface area (Å²) in [6.45, 7) is 5.89. The molecule has 0 bridgehead atoms. The molecule has 168 valence electrons. The van der Waals surface area contributed by atoms with Gasteiger partial charge in [0.2, 0.25) is 11.8 Å². The van der Waals surface area contributed by atoms with Crippen LogP contribution in [0.4, 0.5) is 5.69 Å². The van der Waals surface area contributed by atoms with Crippen LogP contribution in [0.3, 0.4) is 0 Å². The molecule has 0 aliphatic carbocycles. The SMILES string of the molecule is CNC(C(=O)NCC(=O)Nc1ccc(COP(O)CC/C=C(\C)CO)cc1)C(C)C. The fraction of sp³-hybridized carbons (Fsp3) is 0.524. The Balaban J connectivity index is 2.38. The van der Waals surface area contributed by atoms with Crippen molar-refractivity contribution in [2.24, 2.45) is 5.92 Å². The van der Waals surface area contributed by atoms with E-state index in [1.54, 1.807) is 19.2 Å². The molecule has 8 nitrogen and oxygen atoms in total. The lowest BCUT2D eigenvalue weighted by atomic mass is 10.0. The van der Waals surface area contributed by atoms with E-state index in [0.717, 1.165) is 11.1 Å². The second kappa shape index (κ2) is 14.2. The van der Waals surface area contributed by atoms with Crippen LogP contribution in [-0.2, 0) is 20.7 Å². The zero-order chi connectivity index (χ0) is 22.5. The summed E-state index contributed by atoms with van der Waals surface area (Å²) in [6, 6.07) is 6.77. The first-order chi connectivity index (χ1) is 14.3. The van der Waals surface area contributed by atoms with Crippen LogP contribution in [0.1, 0.15) is 32.8 Å². The summed E-state index contributed by atoms with van der Waals surface area (Å²) in [5.74, 6) is -0.400. The van der Waals surface area contributed by atoms with Crippen molar-refractivity contribution in [1.82, 2.24) is 10.6 Å². The van der Waals surface area contributed by atoms with Crippen LogP contribution in [0.25, 0.3) is 0 Å². The third-order valence-corrected chi connectivity index (χ3v) is 5.43. The van der Waals surface area contributed by atoms with Gasteiger partial charge < -0.3 is 30.5 Å². The average Bonchev–Trinajstić information content (AvgIpc) is 2.71. The predicted molar refractivity (Wildman–Crippen MR) is 120 cm³/mol. The number of benzene rings is 1. The molecule has 2 amide bonds. The van der Waals surface area contributed by atoms with Crippen LogP contribution >= 0.6 is 8.38 Å². The molecule has 5 N–H and O–H groups in total. The zero-order valence-corrected chi connectivity index (χ0v) is 19.0. The molecule has 0 saturated heterocycles. The van der Waals surface area contributed by atoms with Gasteiger partial charge in [-0.05, 0) is 44.0 Å². The summed E-state index contributed by atoms with van der Waals surface area (Å²) in [6.07, 6.45) is 3.05. The summed E-state index contributed by atoms with van der Waals surface area (Å²) in [7, 11) is 0.187. The van der Waals surface area contributed by atoms with E-state index in [4.69, 9.17) is 9.63 Å². The Morgan fingerprint density at radius 1 is 1.23 bits per heavy atom. The molecule has 1 rings (SSSR count). The van der Waals surface area contributed by atoms with E-state index in [2.05, 4.69) is 16.0 Å². The minimum absolute atomic E-state index is 0.0217. The molecule has 2 atom stereocenters. The largest absolute Gasteiger partial charge is 0.392 e. The highest BCUT2D eigenvalue weighted by Gasteiger charge is 2.20. The van der Waals surface area contributed by atoms with Crippen LogP contribution in [0.15, 0.2) is 35.9 Å². The number of amides is 2. The number of carbonyl (C=O) groups excluding carboxylic acids is 2. The van der Waals surface area contributed by atoms with Gasteiger partial charge in [-0.3, -0.25) is 9.59 Å². The molecule has 0 aliphatic rings. The van der Waals surface area contributed by atoms with Gasteiger partial charge in [0, 0.05) is 11.8 Å². The number of aliphatic hydroxyl groups excluding tert-OH is 1. The number of aliphatic hydroxyl groups is 1.